The van der Waals surface area contributed by atoms with E-state index in [1.807, 2.05) is 48.2 Å². The van der Waals surface area contributed by atoms with E-state index in [-0.39, 0.29) is 5.91 Å². The molecule has 0 aliphatic heterocycles. The van der Waals surface area contributed by atoms with Gasteiger partial charge in [-0.05, 0) is 24.3 Å². The second-order valence-corrected chi connectivity index (χ2v) is 6.20. The summed E-state index contributed by atoms with van der Waals surface area (Å²) in [5.74, 6) is 0.634. The van der Waals surface area contributed by atoms with Crippen molar-refractivity contribution >= 4 is 11.4 Å². The predicted octanol–water partition coefficient (Wildman–Crippen LogP) is 1.90. The first-order valence-corrected chi connectivity index (χ1v) is 8.59. The normalized spacial score (nSPS) is 11.2. The molecule has 0 aromatic carbocycles. The first kappa shape index (κ1) is 17.0. The minimum Gasteiger partial charge on any atom is -0.383 e. The van der Waals surface area contributed by atoms with E-state index in [0.29, 0.717) is 18.8 Å². The van der Waals surface area contributed by atoms with Gasteiger partial charge in [-0.2, -0.15) is 10.2 Å². The zero-order valence-electron chi connectivity index (χ0n) is 15.2. The summed E-state index contributed by atoms with van der Waals surface area (Å²) in [7, 11) is 3.49. The highest BCUT2D eigenvalue weighted by Crippen LogP contribution is 2.22. The van der Waals surface area contributed by atoms with Gasteiger partial charge in [-0.15, -0.1) is 0 Å². The lowest BCUT2D eigenvalue weighted by Crippen LogP contribution is -2.27. The lowest BCUT2D eigenvalue weighted by Gasteiger charge is -2.06. The van der Waals surface area contributed by atoms with E-state index in [2.05, 4.69) is 21.6 Å². The Kier molecular flexibility index (Phi) is 4.47. The molecule has 27 heavy (non-hydrogen) atoms. The van der Waals surface area contributed by atoms with Crippen LogP contribution in [0.15, 0.2) is 55.1 Å². The first-order chi connectivity index (χ1) is 13.2. The van der Waals surface area contributed by atoms with Crippen LogP contribution in [0.25, 0.3) is 22.5 Å². The van der Waals surface area contributed by atoms with Crippen LogP contribution < -0.4 is 5.32 Å². The molecule has 0 aliphatic carbocycles. The highest BCUT2D eigenvalue weighted by molar-refractivity contribution is 5.92. The maximum atomic E-state index is 12.1. The van der Waals surface area contributed by atoms with Crippen molar-refractivity contribution in [2.45, 2.75) is 0 Å². The molecule has 0 atom stereocenters. The topological polar surface area (TPSA) is 78.4 Å². The summed E-state index contributed by atoms with van der Waals surface area (Å²) < 4.78 is 10.5. The van der Waals surface area contributed by atoms with Crippen molar-refractivity contribution in [3.63, 3.8) is 0 Å². The van der Waals surface area contributed by atoms with E-state index in [4.69, 9.17) is 4.74 Å². The van der Waals surface area contributed by atoms with Crippen LogP contribution in [0, 0.1) is 0 Å². The van der Waals surface area contributed by atoms with Gasteiger partial charge in [-0.25, -0.2) is 4.68 Å². The van der Waals surface area contributed by atoms with E-state index in [9.17, 15) is 4.79 Å². The van der Waals surface area contributed by atoms with Crippen molar-refractivity contribution in [1.29, 1.82) is 0 Å². The van der Waals surface area contributed by atoms with Gasteiger partial charge in [0.05, 0.1) is 12.8 Å². The van der Waals surface area contributed by atoms with Crippen LogP contribution in [-0.2, 0) is 11.8 Å². The number of pyridine rings is 1. The Morgan fingerprint density at radius 2 is 2.00 bits per heavy atom. The molecule has 0 saturated heterocycles. The minimum absolute atomic E-state index is 0.220. The zero-order valence-corrected chi connectivity index (χ0v) is 15.2. The molecule has 0 radical (unpaired) electrons. The van der Waals surface area contributed by atoms with E-state index in [1.165, 1.54) is 0 Å². The van der Waals surface area contributed by atoms with Crippen LogP contribution in [0.3, 0.4) is 0 Å². The molecule has 0 aliphatic rings. The van der Waals surface area contributed by atoms with Gasteiger partial charge in [0.15, 0.2) is 5.69 Å². The van der Waals surface area contributed by atoms with E-state index < -0.39 is 0 Å². The molecule has 8 nitrogen and oxygen atoms in total. The van der Waals surface area contributed by atoms with Gasteiger partial charge in [-0.3, -0.25) is 9.48 Å². The van der Waals surface area contributed by atoms with Crippen LogP contribution in [0.4, 0.5) is 0 Å². The smallest absolute Gasteiger partial charge is 0.271 e. The molecule has 1 amide bonds. The van der Waals surface area contributed by atoms with Crippen LogP contribution >= 0.6 is 0 Å². The number of ether oxygens (including phenoxy) is 1. The van der Waals surface area contributed by atoms with Crippen LogP contribution in [0.1, 0.15) is 10.5 Å². The second kappa shape index (κ2) is 7.08. The van der Waals surface area contributed by atoms with Crippen molar-refractivity contribution in [3.8, 4) is 16.9 Å². The second-order valence-electron chi connectivity index (χ2n) is 6.20. The summed E-state index contributed by atoms with van der Waals surface area (Å²) in [6.45, 7) is 0.914. The third-order valence-electron chi connectivity index (χ3n) is 4.32. The fourth-order valence-corrected chi connectivity index (χ4v) is 2.94. The Bertz CT molecular complexity index is 1090. The van der Waals surface area contributed by atoms with Crippen molar-refractivity contribution in [1.82, 2.24) is 29.3 Å². The summed E-state index contributed by atoms with van der Waals surface area (Å²) in [5, 5.41) is 11.4. The molecule has 8 heteroatoms. The number of amides is 1. The molecule has 4 aromatic heterocycles. The molecule has 138 valence electrons. The lowest BCUT2D eigenvalue weighted by molar-refractivity contribution is 0.0931. The fraction of sp³-hybridized carbons (Fsp3) is 0.211. The van der Waals surface area contributed by atoms with Gasteiger partial charge in [0.25, 0.3) is 5.91 Å². The molecule has 4 rings (SSSR count). The Morgan fingerprint density at radius 1 is 1.15 bits per heavy atom. The van der Waals surface area contributed by atoms with Crippen LogP contribution in [-0.4, -0.2) is 50.1 Å². The number of fused-ring (bicyclic) bond motifs is 1. The summed E-state index contributed by atoms with van der Waals surface area (Å²) in [4.78, 5) is 12.1. The molecule has 0 fully saturated rings. The predicted molar refractivity (Wildman–Crippen MR) is 101 cm³/mol. The Morgan fingerprint density at radius 3 is 2.78 bits per heavy atom. The average molecular weight is 364 g/mol. The number of nitrogens with zero attached hydrogens (tertiary/aromatic N) is 5. The monoisotopic (exact) mass is 364 g/mol. The minimum atomic E-state index is -0.220. The van der Waals surface area contributed by atoms with Gasteiger partial charge in [0.2, 0.25) is 0 Å². The number of hydrogen-bond donors (Lipinski definition) is 1. The first-order valence-electron chi connectivity index (χ1n) is 8.59. The lowest BCUT2D eigenvalue weighted by atomic mass is 10.1. The molecular weight excluding hydrogens is 344 g/mol. The molecule has 0 spiro atoms. The maximum Gasteiger partial charge on any atom is 0.271 e. The zero-order chi connectivity index (χ0) is 18.8. The standard InChI is InChI=1S/C19H20N6O2/c1-23-12-15(11-21-23)14-3-4-16-5-6-18(24(16)13-14)25-9-7-17(22-25)19(26)20-8-10-27-2/h3-7,9,11-13H,8,10H2,1-2H3,(H,20,26). The molecule has 1 N–H and O–H groups in total. The van der Waals surface area contributed by atoms with Crippen LogP contribution in [0.5, 0.6) is 0 Å². The van der Waals surface area contributed by atoms with Crippen molar-refractivity contribution in [2.75, 3.05) is 20.3 Å². The molecule has 4 heterocycles. The van der Waals surface area contributed by atoms with E-state index in [1.54, 1.807) is 28.7 Å². The molecule has 0 bridgehead atoms. The number of carbonyl (C=O) groups is 1. The summed E-state index contributed by atoms with van der Waals surface area (Å²) in [5.41, 5.74) is 3.50. The number of nitrogens with one attached hydrogen (secondary N) is 1. The highest BCUT2D eigenvalue weighted by Gasteiger charge is 2.12. The third-order valence-corrected chi connectivity index (χ3v) is 4.32. The Labute approximate surface area is 156 Å². The van der Waals surface area contributed by atoms with E-state index in [0.717, 1.165) is 22.5 Å². The Hall–Kier alpha value is -3.39. The van der Waals surface area contributed by atoms with Crippen molar-refractivity contribution in [3.05, 3.63) is 60.8 Å². The number of carbonyl (C=O) groups excluding carboxylic acids is 1. The molecular formula is C19H20N6O2. The Balaban J connectivity index is 1.65. The van der Waals surface area contributed by atoms with Gasteiger partial charge in [0.1, 0.15) is 5.82 Å². The molecule has 0 saturated carbocycles. The fourth-order valence-electron chi connectivity index (χ4n) is 2.94. The van der Waals surface area contributed by atoms with Gasteiger partial charge < -0.3 is 14.5 Å². The summed E-state index contributed by atoms with van der Waals surface area (Å²) in [6.07, 6.45) is 7.63. The van der Waals surface area contributed by atoms with Crippen LogP contribution in [0.2, 0.25) is 0 Å². The SMILES string of the molecule is COCCNC(=O)c1ccn(-c2ccc3ccc(-c4cnn(C)c4)cn23)n1. The molecule has 0 unspecified atom stereocenters. The highest BCUT2D eigenvalue weighted by atomic mass is 16.5. The largest absolute Gasteiger partial charge is 0.383 e. The van der Waals surface area contributed by atoms with Crippen molar-refractivity contribution < 1.29 is 9.53 Å². The number of methoxy groups -OCH3 is 1. The summed E-state index contributed by atoms with van der Waals surface area (Å²) in [6, 6.07) is 9.80. The average Bonchev–Trinajstić information content (AvgIpc) is 3.40. The van der Waals surface area contributed by atoms with E-state index >= 15 is 0 Å². The number of aromatic nitrogens is 5. The van der Waals surface area contributed by atoms with Gasteiger partial charge in [-0.1, -0.05) is 6.07 Å². The van der Waals surface area contributed by atoms with Gasteiger partial charge >= 0.3 is 0 Å². The molecule has 4 aromatic rings. The van der Waals surface area contributed by atoms with Crippen molar-refractivity contribution in [2.24, 2.45) is 7.05 Å². The maximum absolute atomic E-state index is 12.1. The number of aryl methyl sites for hydroxylation is 1. The quantitative estimate of drug-likeness (QED) is 0.530. The number of rotatable bonds is 6. The van der Waals surface area contributed by atoms with Gasteiger partial charge in [0, 0.05) is 55.9 Å². The summed E-state index contributed by atoms with van der Waals surface area (Å²) >= 11 is 0. The number of hydrogen-bond acceptors (Lipinski definition) is 4. The third kappa shape index (κ3) is 3.34.